The quantitative estimate of drug-likeness (QED) is 0.428. The van der Waals surface area contributed by atoms with Gasteiger partial charge < -0.3 is 20.1 Å². The van der Waals surface area contributed by atoms with Crippen molar-refractivity contribution in [3.63, 3.8) is 0 Å². The fourth-order valence-electron chi connectivity index (χ4n) is 0.158. The van der Waals surface area contributed by atoms with Gasteiger partial charge in [-0.25, -0.2) is 0 Å². The topological polar surface area (TPSA) is 83.4 Å². The predicted octanol–water partition coefficient (Wildman–Crippen LogP) is -7.66. The average Bonchev–Trinajstić information content (AvgIpc) is 1.66. The minimum atomic E-state index is -2.33. The van der Waals surface area contributed by atoms with Crippen LogP contribution >= 0.6 is 0 Å². The van der Waals surface area contributed by atoms with Crippen molar-refractivity contribution in [3.8, 4) is 0 Å². The molecule has 0 atom stereocenters. The largest absolute Gasteiger partial charge is 1.00 e. The molecule has 11 heavy (non-hydrogen) atoms. The molecule has 0 aliphatic heterocycles. The Morgan fingerprint density at radius 1 is 1.36 bits per heavy atom. The number of aliphatic hydroxyl groups excluding tert-OH is 1. The molecule has 0 saturated carbocycles. The molecule has 0 fully saturated rings. The van der Waals surface area contributed by atoms with Crippen molar-refractivity contribution in [2.45, 2.75) is 19.8 Å². The third-order valence-electron chi connectivity index (χ3n) is 0.512. The van der Waals surface area contributed by atoms with Crippen LogP contribution < -0.4 is 69.3 Å². The summed E-state index contributed by atoms with van der Waals surface area (Å²) in [6.45, 7) is 2.40. The van der Waals surface area contributed by atoms with Gasteiger partial charge in [-0.2, -0.15) is 0 Å². The van der Waals surface area contributed by atoms with E-state index in [-0.39, 0.29) is 59.1 Å². The summed E-state index contributed by atoms with van der Waals surface area (Å²) in [5, 5.41) is 24.7. The third kappa shape index (κ3) is 91.7. The van der Waals surface area contributed by atoms with Gasteiger partial charge in [0.15, 0.2) is 0 Å². The predicted molar refractivity (Wildman–Crippen MR) is 27.4 cm³/mol. The van der Waals surface area contributed by atoms with Crippen LogP contribution in [0.25, 0.3) is 0 Å². The maximum atomic E-state index is 8.33. The zero-order chi connectivity index (χ0) is 7.70. The Morgan fingerprint density at radius 2 is 1.64 bits per heavy atom. The molecule has 0 rings (SSSR count). The first-order valence-corrected chi connectivity index (χ1v) is 2.64. The molecule has 0 unspecified atom stereocenters. The Balaban J connectivity index is -0.0000000383. The van der Waals surface area contributed by atoms with E-state index in [4.69, 9.17) is 20.1 Å². The maximum Gasteiger partial charge on any atom is 1.00 e. The monoisotopic (exact) mass is 180 g/mol. The molecule has 0 spiro atoms. The van der Waals surface area contributed by atoms with E-state index >= 15 is 0 Å². The summed E-state index contributed by atoms with van der Waals surface area (Å²) in [7, 11) is 0. The van der Waals surface area contributed by atoms with Gasteiger partial charge in [-0.05, 0) is 12.6 Å². The first-order valence-electron chi connectivity index (χ1n) is 2.64. The molecule has 4 nitrogen and oxygen atoms in total. The molecule has 1 N–H and O–H groups in total. The van der Waals surface area contributed by atoms with Gasteiger partial charge in [0.2, 0.25) is 0 Å². The zero-order valence-corrected chi connectivity index (χ0v) is 11.3. The second kappa shape index (κ2) is 22.5. The number of rotatable bonds is 2. The Hall–Kier alpha value is 1.23. The van der Waals surface area contributed by atoms with Crippen molar-refractivity contribution in [1.29, 1.82) is 0 Å². The number of carbonyl (C=O) groups is 1. The van der Waals surface area contributed by atoms with Crippen LogP contribution in [0.15, 0.2) is 0 Å². The summed E-state index contributed by atoms with van der Waals surface area (Å²) in [5.41, 5.74) is 0. The normalized spacial score (nSPS) is 6.00. The van der Waals surface area contributed by atoms with E-state index in [0.29, 0.717) is 6.61 Å². The van der Waals surface area contributed by atoms with E-state index < -0.39 is 6.16 Å². The first kappa shape index (κ1) is 22.8. The molecule has 0 amide bonds. The van der Waals surface area contributed by atoms with E-state index in [1.165, 1.54) is 0 Å². The van der Waals surface area contributed by atoms with E-state index in [1.807, 2.05) is 0 Å². The summed E-state index contributed by atoms with van der Waals surface area (Å²) >= 11 is 0. The third-order valence-corrected chi connectivity index (χ3v) is 0.512. The summed E-state index contributed by atoms with van der Waals surface area (Å²) in [4.78, 5) is 8.33. The molecule has 6 heteroatoms. The molecule has 0 aliphatic carbocycles. The van der Waals surface area contributed by atoms with Crippen molar-refractivity contribution in [2.75, 3.05) is 6.61 Å². The van der Waals surface area contributed by atoms with Crippen LogP contribution in [0.2, 0.25) is 0 Å². The molecule has 0 bridgehead atoms. The fourth-order valence-corrected chi connectivity index (χ4v) is 0.158. The number of carboxylic acid groups (broad SMARTS) is 2. The summed E-state index contributed by atoms with van der Waals surface area (Å²) in [6, 6.07) is 0. The second-order valence-corrected chi connectivity index (χ2v) is 1.33. The minimum Gasteiger partial charge on any atom is -0.652 e. The maximum absolute atomic E-state index is 8.33. The fraction of sp³-hybridized carbons (Fsp3) is 0.800. The standard InChI is InChI=1S/C4H10O.CH2O3.2Na/c1-2-3-4-5;2-1(3)4;;/h5H,2-4H2,1H3;(H2,2,3,4);;/q;;2*+1/p-2. The van der Waals surface area contributed by atoms with Crippen molar-refractivity contribution in [2.24, 2.45) is 0 Å². The van der Waals surface area contributed by atoms with E-state index in [9.17, 15) is 0 Å². The van der Waals surface area contributed by atoms with Crippen molar-refractivity contribution in [3.05, 3.63) is 0 Å². The van der Waals surface area contributed by atoms with Gasteiger partial charge in [-0.3, -0.25) is 0 Å². The van der Waals surface area contributed by atoms with Gasteiger partial charge in [0.25, 0.3) is 0 Å². The molecular formula is C5H10Na2O4. The number of aliphatic hydroxyl groups is 1. The smallest absolute Gasteiger partial charge is 0.652 e. The average molecular weight is 180 g/mol. The number of carbonyl (C=O) groups excluding carboxylic acids is 1. The van der Waals surface area contributed by atoms with Crippen LogP contribution in [-0.2, 0) is 0 Å². The first-order chi connectivity index (χ1) is 4.15. The van der Waals surface area contributed by atoms with E-state index in [1.54, 1.807) is 0 Å². The molecule has 56 valence electrons. The van der Waals surface area contributed by atoms with Crippen LogP contribution in [0.3, 0.4) is 0 Å². The molecule has 0 aromatic carbocycles. The Bertz CT molecular complexity index is 63.5. The van der Waals surface area contributed by atoms with Gasteiger partial charge in [-0.1, -0.05) is 13.3 Å². The molecular weight excluding hydrogens is 170 g/mol. The summed E-state index contributed by atoms with van der Waals surface area (Å²) in [5.74, 6) is 0. The van der Waals surface area contributed by atoms with Gasteiger partial charge in [0.05, 0.1) is 0 Å². The summed E-state index contributed by atoms with van der Waals surface area (Å²) in [6.07, 6.45) is -0.295. The molecule has 0 saturated heterocycles. The molecule has 0 heterocycles. The molecule has 0 aliphatic rings. The Morgan fingerprint density at radius 3 is 1.64 bits per heavy atom. The van der Waals surface area contributed by atoms with Crippen LogP contribution in [0.4, 0.5) is 4.79 Å². The molecule has 0 aromatic heterocycles. The second-order valence-electron chi connectivity index (χ2n) is 1.33. The van der Waals surface area contributed by atoms with Crippen LogP contribution in [0.1, 0.15) is 19.8 Å². The van der Waals surface area contributed by atoms with Gasteiger partial charge in [0.1, 0.15) is 0 Å². The van der Waals surface area contributed by atoms with E-state index in [0.717, 1.165) is 12.8 Å². The number of unbranched alkanes of at least 4 members (excludes halogenated alkanes) is 1. The molecule has 0 aromatic rings. The number of hydrogen-bond acceptors (Lipinski definition) is 4. The van der Waals surface area contributed by atoms with Crippen LogP contribution in [-0.4, -0.2) is 17.9 Å². The van der Waals surface area contributed by atoms with Crippen LogP contribution in [0, 0.1) is 0 Å². The van der Waals surface area contributed by atoms with Crippen molar-refractivity contribution < 1.29 is 79.2 Å². The van der Waals surface area contributed by atoms with Gasteiger partial charge in [-0.15, -0.1) is 0 Å². The van der Waals surface area contributed by atoms with Crippen molar-refractivity contribution >= 4 is 6.16 Å². The van der Waals surface area contributed by atoms with Gasteiger partial charge >= 0.3 is 59.1 Å². The Labute approximate surface area is 111 Å². The molecule has 0 radical (unpaired) electrons. The van der Waals surface area contributed by atoms with Crippen molar-refractivity contribution in [1.82, 2.24) is 0 Å². The SMILES string of the molecule is CCCCO.O=C([O-])[O-].[Na+].[Na+]. The Kier molecular flexibility index (Phi) is 46.5. The summed E-state index contributed by atoms with van der Waals surface area (Å²) < 4.78 is 0. The van der Waals surface area contributed by atoms with Gasteiger partial charge in [0, 0.05) is 6.61 Å². The number of hydrogen-bond donors (Lipinski definition) is 1. The van der Waals surface area contributed by atoms with Crippen LogP contribution in [0.5, 0.6) is 0 Å². The zero-order valence-electron chi connectivity index (χ0n) is 7.29. The minimum absolute atomic E-state index is 0. The van der Waals surface area contributed by atoms with E-state index in [2.05, 4.69) is 6.92 Å².